The molecule has 1 saturated carbocycles. The maximum absolute atomic E-state index is 12.1. The molecular weight excluding hydrogens is 244 g/mol. The zero-order valence-corrected chi connectivity index (χ0v) is 12.1. The smallest absolute Gasteiger partial charge is 0.317 e. The maximum Gasteiger partial charge on any atom is 0.317 e. The van der Waals surface area contributed by atoms with E-state index in [0.717, 1.165) is 44.9 Å². The fourth-order valence-electron chi connectivity index (χ4n) is 2.83. The fourth-order valence-corrected chi connectivity index (χ4v) is 2.83. The molecule has 0 radical (unpaired) electrons. The molecule has 0 unspecified atom stereocenters. The molecular formula is C14H26N2O3. The Hall–Kier alpha value is -1.26. The number of carbonyl (C=O) groups excluding carboxylic acids is 1. The highest BCUT2D eigenvalue weighted by Gasteiger charge is 2.40. The lowest BCUT2D eigenvalue weighted by Gasteiger charge is -2.43. The number of rotatable bonds is 6. The van der Waals surface area contributed by atoms with Crippen molar-refractivity contribution < 1.29 is 14.7 Å². The van der Waals surface area contributed by atoms with Crippen LogP contribution in [0.15, 0.2) is 0 Å². The van der Waals surface area contributed by atoms with Crippen LogP contribution in [0.4, 0.5) is 4.79 Å². The third-order valence-electron chi connectivity index (χ3n) is 4.09. The van der Waals surface area contributed by atoms with Crippen molar-refractivity contribution in [1.29, 1.82) is 0 Å². The molecule has 1 fully saturated rings. The summed E-state index contributed by atoms with van der Waals surface area (Å²) >= 11 is 0. The van der Waals surface area contributed by atoms with Crippen LogP contribution in [0.5, 0.6) is 0 Å². The molecule has 0 bridgehead atoms. The first-order valence-electron chi connectivity index (χ1n) is 7.25. The molecule has 5 heteroatoms. The number of carbonyl (C=O) groups is 2. The second kappa shape index (κ2) is 7.36. The molecule has 1 aliphatic rings. The lowest BCUT2D eigenvalue weighted by molar-refractivity contribution is -0.140. The van der Waals surface area contributed by atoms with E-state index in [1.165, 1.54) is 0 Å². The molecule has 0 saturated heterocycles. The van der Waals surface area contributed by atoms with E-state index in [1.54, 1.807) is 11.9 Å². The van der Waals surface area contributed by atoms with E-state index >= 15 is 0 Å². The molecule has 0 spiro atoms. The third-order valence-corrected chi connectivity index (χ3v) is 4.09. The molecule has 19 heavy (non-hydrogen) atoms. The van der Waals surface area contributed by atoms with Crippen LogP contribution in [0.3, 0.4) is 0 Å². The predicted octanol–water partition coefficient (Wildman–Crippen LogP) is 2.61. The third kappa shape index (κ3) is 4.40. The molecule has 2 N–H and O–H groups in total. The van der Waals surface area contributed by atoms with Gasteiger partial charge < -0.3 is 15.3 Å². The SMILES string of the molecule is CCCCNC(=O)N(C)C1(CC(=O)O)CCCCC1. The zero-order chi connectivity index (χ0) is 14.3. The Morgan fingerprint density at radius 2 is 1.89 bits per heavy atom. The van der Waals surface area contributed by atoms with E-state index in [4.69, 9.17) is 5.11 Å². The van der Waals surface area contributed by atoms with Crippen LogP contribution >= 0.6 is 0 Å². The van der Waals surface area contributed by atoms with E-state index in [0.29, 0.717) is 6.54 Å². The standard InChI is InChI=1S/C14H26N2O3/c1-3-4-10-15-13(19)16(2)14(11-12(17)18)8-6-5-7-9-14/h3-11H2,1-2H3,(H,15,19)(H,17,18). The molecule has 2 amide bonds. The first-order chi connectivity index (χ1) is 9.02. The number of aliphatic carboxylic acids is 1. The van der Waals surface area contributed by atoms with Crippen LogP contribution in [-0.2, 0) is 4.79 Å². The topological polar surface area (TPSA) is 69.6 Å². The van der Waals surface area contributed by atoms with Crippen molar-refractivity contribution in [3.8, 4) is 0 Å². The Kier molecular flexibility index (Phi) is 6.12. The Labute approximate surface area is 115 Å². The molecule has 1 rings (SSSR count). The first kappa shape index (κ1) is 15.8. The normalized spacial score (nSPS) is 17.8. The van der Waals surface area contributed by atoms with Crippen LogP contribution in [0.1, 0.15) is 58.3 Å². The van der Waals surface area contributed by atoms with E-state index in [-0.39, 0.29) is 12.5 Å². The van der Waals surface area contributed by atoms with Gasteiger partial charge in [-0.2, -0.15) is 0 Å². The minimum Gasteiger partial charge on any atom is -0.481 e. The minimum atomic E-state index is -0.824. The number of amides is 2. The molecule has 0 aromatic carbocycles. The number of hydrogen-bond acceptors (Lipinski definition) is 2. The van der Waals surface area contributed by atoms with Gasteiger partial charge in [0.2, 0.25) is 0 Å². The van der Waals surface area contributed by atoms with Crippen molar-refractivity contribution in [2.45, 2.75) is 63.8 Å². The lowest BCUT2D eigenvalue weighted by atomic mass is 9.78. The van der Waals surface area contributed by atoms with Gasteiger partial charge in [-0.25, -0.2) is 4.79 Å². The van der Waals surface area contributed by atoms with Crippen molar-refractivity contribution in [1.82, 2.24) is 10.2 Å². The molecule has 110 valence electrons. The Morgan fingerprint density at radius 3 is 2.42 bits per heavy atom. The summed E-state index contributed by atoms with van der Waals surface area (Å²) in [6.45, 7) is 2.73. The number of unbranched alkanes of at least 4 members (excludes halogenated alkanes) is 1. The monoisotopic (exact) mass is 270 g/mol. The maximum atomic E-state index is 12.1. The summed E-state index contributed by atoms with van der Waals surface area (Å²) < 4.78 is 0. The molecule has 0 heterocycles. The Bertz CT molecular complexity index is 312. The second-order valence-corrected chi connectivity index (χ2v) is 5.50. The van der Waals surface area contributed by atoms with Gasteiger partial charge in [-0.15, -0.1) is 0 Å². The highest BCUT2D eigenvalue weighted by atomic mass is 16.4. The second-order valence-electron chi connectivity index (χ2n) is 5.50. The highest BCUT2D eigenvalue weighted by molar-refractivity contribution is 5.76. The highest BCUT2D eigenvalue weighted by Crippen LogP contribution is 2.35. The van der Waals surface area contributed by atoms with E-state index in [1.807, 2.05) is 0 Å². The number of carboxylic acid groups (broad SMARTS) is 1. The largest absolute Gasteiger partial charge is 0.481 e. The molecule has 0 aliphatic heterocycles. The lowest BCUT2D eigenvalue weighted by Crippen LogP contribution is -2.55. The fraction of sp³-hybridized carbons (Fsp3) is 0.857. The number of nitrogens with zero attached hydrogens (tertiary/aromatic N) is 1. The Morgan fingerprint density at radius 1 is 1.26 bits per heavy atom. The summed E-state index contributed by atoms with van der Waals surface area (Å²) in [7, 11) is 1.73. The van der Waals surface area contributed by atoms with Gasteiger partial charge in [0.15, 0.2) is 0 Å². The van der Waals surface area contributed by atoms with Gasteiger partial charge in [-0.1, -0.05) is 32.6 Å². The summed E-state index contributed by atoms with van der Waals surface area (Å²) in [6.07, 6.45) is 6.74. The van der Waals surface area contributed by atoms with Crippen molar-refractivity contribution >= 4 is 12.0 Å². The van der Waals surface area contributed by atoms with Crippen LogP contribution in [-0.4, -0.2) is 41.1 Å². The van der Waals surface area contributed by atoms with Gasteiger partial charge in [0.1, 0.15) is 0 Å². The summed E-state index contributed by atoms with van der Waals surface area (Å²) in [4.78, 5) is 24.9. The Balaban J connectivity index is 2.67. The van der Waals surface area contributed by atoms with Gasteiger partial charge >= 0.3 is 12.0 Å². The van der Waals surface area contributed by atoms with Crippen molar-refractivity contribution in [2.75, 3.05) is 13.6 Å². The summed E-state index contributed by atoms with van der Waals surface area (Å²) in [5, 5.41) is 12.0. The average molecular weight is 270 g/mol. The van der Waals surface area contributed by atoms with Crippen molar-refractivity contribution in [2.24, 2.45) is 0 Å². The van der Waals surface area contributed by atoms with Crippen molar-refractivity contribution in [3.05, 3.63) is 0 Å². The van der Waals surface area contributed by atoms with Crippen LogP contribution in [0.25, 0.3) is 0 Å². The molecule has 5 nitrogen and oxygen atoms in total. The average Bonchev–Trinajstić information content (AvgIpc) is 2.38. The van der Waals surface area contributed by atoms with Gasteiger partial charge in [0.25, 0.3) is 0 Å². The number of carboxylic acids is 1. The van der Waals surface area contributed by atoms with Gasteiger partial charge in [0, 0.05) is 13.6 Å². The van der Waals surface area contributed by atoms with Gasteiger partial charge in [0.05, 0.1) is 12.0 Å². The van der Waals surface area contributed by atoms with E-state index in [9.17, 15) is 9.59 Å². The minimum absolute atomic E-state index is 0.0463. The van der Waals surface area contributed by atoms with E-state index < -0.39 is 11.5 Å². The van der Waals surface area contributed by atoms with Gasteiger partial charge in [-0.05, 0) is 19.3 Å². The van der Waals surface area contributed by atoms with Crippen molar-refractivity contribution in [3.63, 3.8) is 0 Å². The first-order valence-corrected chi connectivity index (χ1v) is 7.25. The van der Waals surface area contributed by atoms with E-state index in [2.05, 4.69) is 12.2 Å². The molecule has 0 atom stereocenters. The molecule has 0 aromatic rings. The summed E-state index contributed by atoms with van der Waals surface area (Å²) in [6, 6.07) is -0.142. The number of hydrogen-bond donors (Lipinski definition) is 2. The summed E-state index contributed by atoms with van der Waals surface area (Å²) in [5.74, 6) is -0.824. The number of nitrogens with one attached hydrogen (secondary N) is 1. The van der Waals surface area contributed by atoms with Gasteiger partial charge in [-0.3, -0.25) is 4.79 Å². The quantitative estimate of drug-likeness (QED) is 0.729. The molecule has 1 aliphatic carbocycles. The van der Waals surface area contributed by atoms with Crippen LogP contribution in [0.2, 0.25) is 0 Å². The van der Waals surface area contributed by atoms with Crippen LogP contribution < -0.4 is 5.32 Å². The number of urea groups is 1. The van der Waals surface area contributed by atoms with Crippen LogP contribution in [0, 0.1) is 0 Å². The molecule has 0 aromatic heterocycles. The summed E-state index contributed by atoms with van der Waals surface area (Å²) in [5.41, 5.74) is -0.500. The predicted molar refractivity (Wildman–Crippen MR) is 74.1 cm³/mol. The zero-order valence-electron chi connectivity index (χ0n) is 12.1.